The van der Waals surface area contributed by atoms with Gasteiger partial charge in [-0.1, -0.05) is 23.7 Å². The molecule has 2 aromatic rings. The molecule has 2 rings (SSSR count). The van der Waals surface area contributed by atoms with Crippen molar-refractivity contribution in [3.63, 3.8) is 0 Å². The van der Waals surface area contributed by atoms with E-state index in [-0.39, 0.29) is 5.69 Å². The number of pyridine rings is 1. The lowest BCUT2D eigenvalue weighted by Gasteiger charge is -2.08. The first kappa shape index (κ1) is 13.4. The van der Waals surface area contributed by atoms with Crippen LogP contribution in [0.5, 0.6) is 5.75 Å². The summed E-state index contributed by atoms with van der Waals surface area (Å²) in [4.78, 5) is 14.4. The van der Waals surface area contributed by atoms with Gasteiger partial charge in [-0.25, -0.2) is 9.78 Å². The van der Waals surface area contributed by atoms with Gasteiger partial charge in [-0.3, -0.25) is 0 Å². The predicted octanol–water partition coefficient (Wildman–Crippen LogP) is 3.32. The van der Waals surface area contributed by atoms with Gasteiger partial charge in [0.05, 0.1) is 6.20 Å². The van der Waals surface area contributed by atoms with Crippen LogP contribution >= 0.6 is 11.6 Å². The highest BCUT2D eigenvalue weighted by Crippen LogP contribution is 2.20. The zero-order valence-electron chi connectivity index (χ0n) is 10.3. The fourth-order valence-electron chi connectivity index (χ4n) is 1.52. The number of halogens is 1. The molecule has 0 bridgehead atoms. The molecular formula is C14H12ClNO3. The van der Waals surface area contributed by atoms with Crippen LogP contribution in [0.15, 0.2) is 36.5 Å². The number of carboxylic acid groups (broad SMARTS) is 1. The normalized spacial score (nSPS) is 10.2. The smallest absolute Gasteiger partial charge is 0.354 e. The molecule has 0 saturated carbocycles. The van der Waals surface area contributed by atoms with Crippen molar-refractivity contribution < 1.29 is 14.6 Å². The average Bonchev–Trinajstić information content (AvgIpc) is 2.38. The Balaban J connectivity index is 2.04. The lowest BCUT2D eigenvalue weighted by Crippen LogP contribution is -2.01. The molecule has 1 aromatic heterocycles. The standard InChI is InChI=1S/C14H12ClNO3/c1-9-2-3-10(12(15)6-9)8-19-11-4-5-13(14(17)18)16-7-11/h2-7H,8H2,1H3,(H,17,18). The van der Waals surface area contributed by atoms with Gasteiger partial charge in [0.25, 0.3) is 0 Å². The molecule has 0 saturated heterocycles. The van der Waals surface area contributed by atoms with Crippen LogP contribution in [0.2, 0.25) is 5.02 Å². The molecule has 1 aromatic carbocycles. The minimum absolute atomic E-state index is 0.0132. The van der Waals surface area contributed by atoms with Gasteiger partial charge in [-0.2, -0.15) is 0 Å². The summed E-state index contributed by atoms with van der Waals surface area (Å²) in [5.41, 5.74) is 1.94. The van der Waals surface area contributed by atoms with Crippen LogP contribution in [0.3, 0.4) is 0 Å². The molecule has 19 heavy (non-hydrogen) atoms. The number of carbonyl (C=O) groups is 1. The highest BCUT2D eigenvalue weighted by Gasteiger charge is 2.05. The van der Waals surface area contributed by atoms with E-state index < -0.39 is 5.97 Å². The molecule has 1 N–H and O–H groups in total. The summed E-state index contributed by atoms with van der Waals surface area (Å²) < 4.78 is 5.51. The van der Waals surface area contributed by atoms with Crippen LogP contribution in [0.4, 0.5) is 0 Å². The maximum absolute atomic E-state index is 10.6. The van der Waals surface area contributed by atoms with Gasteiger partial charge in [0.15, 0.2) is 0 Å². The van der Waals surface area contributed by atoms with E-state index in [0.717, 1.165) is 11.1 Å². The van der Waals surface area contributed by atoms with Gasteiger partial charge in [0, 0.05) is 10.6 Å². The lowest BCUT2D eigenvalue weighted by atomic mass is 10.2. The fourth-order valence-corrected chi connectivity index (χ4v) is 1.81. The lowest BCUT2D eigenvalue weighted by molar-refractivity contribution is 0.0690. The predicted molar refractivity (Wildman–Crippen MR) is 71.7 cm³/mol. The minimum Gasteiger partial charge on any atom is -0.487 e. The summed E-state index contributed by atoms with van der Waals surface area (Å²) in [6.07, 6.45) is 1.38. The third-order valence-corrected chi connectivity index (χ3v) is 2.91. The Morgan fingerprint density at radius 2 is 2.16 bits per heavy atom. The summed E-state index contributed by atoms with van der Waals surface area (Å²) >= 11 is 6.09. The maximum atomic E-state index is 10.6. The van der Waals surface area contributed by atoms with Crippen molar-refractivity contribution >= 4 is 17.6 Å². The van der Waals surface area contributed by atoms with Crippen molar-refractivity contribution in [2.45, 2.75) is 13.5 Å². The molecule has 0 atom stereocenters. The number of hydrogen-bond donors (Lipinski definition) is 1. The van der Waals surface area contributed by atoms with Gasteiger partial charge >= 0.3 is 5.97 Å². The van der Waals surface area contributed by atoms with Crippen molar-refractivity contribution in [1.82, 2.24) is 4.98 Å². The van der Waals surface area contributed by atoms with E-state index in [1.165, 1.54) is 12.3 Å². The first-order valence-corrected chi connectivity index (χ1v) is 6.01. The second kappa shape index (κ2) is 5.71. The van der Waals surface area contributed by atoms with E-state index in [9.17, 15) is 4.79 Å². The van der Waals surface area contributed by atoms with Crippen molar-refractivity contribution in [2.24, 2.45) is 0 Å². The molecule has 0 aliphatic heterocycles. The highest BCUT2D eigenvalue weighted by atomic mass is 35.5. The number of aromatic nitrogens is 1. The van der Waals surface area contributed by atoms with Crippen LogP contribution in [-0.2, 0) is 6.61 Å². The third-order valence-electron chi connectivity index (χ3n) is 2.56. The third kappa shape index (κ3) is 3.45. The van der Waals surface area contributed by atoms with Crippen LogP contribution in [0, 0.1) is 6.92 Å². The van der Waals surface area contributed by atoms with Gasteiger partial charge in [-0.15, -0.1) is 0 Å². The number of ether oxygens (including phenoxy) is 1. The number of aromatic carboxylic acids is 1. The summed E-state index contributed by atoms with van der Waals surface area (Å²) in [5.74, 6) is -0.560. The van der Waals surface area contributed by atoms with Gasteiger partial charge in [0.1, 0.15) is 18.1 Å². The van der Waals surface area contributed by atoms with Crippen molar-refractivity contribution in [2.75, 3.05) is 0 Å². The van der Waals surface area contributed by atoms with E-state index in [1.54, 1.807) is 6.07 Å². The Morgan fingerprint density at radius 1 is 1.37 bits per heavy atom. The summed E-state index contributed by atoms with van der Waals surface area (Å²) in [6.45, 7) is 2.28. The first-order chi connectivity index (χ1) is 9.06. The molecular weight excluding hydrogens is 266 g/mol. The number of nitrogens with zero attached hydrogens (tertiary/aromatic N) is 1. The Hall–Kier alpha value is -2.07. The highest BCUT2D eigenvalue weighted by molar-refractivity contribution is 6.31. The summed E-state index contributed by atoms with van der Waals surface area (Å²) in [6, 6.07) is 8.69. The molecule has 5 heteroatoms. The van der Waals surface area contributed by atoms with Gasteiger partial charge in [-0.05, 0) is 30.7 Å². The zero-order chi connectivity index (χ0) is 13.8. The number of carboxylic acids is 1. The molecule has 0 unspecified atom stereocenters. The van der Waals surface area contributed by atoms with E-state index in [4.69, 9.17) is 21.4 Å². The zero-order valence-corrected chi connectivity index (χ0v) is 11.0. The fraction of sp³-hybridized carbons (Fsp3) is 0.143. The average molecular weight is 278 g/mol. The maximum Gasteiger partial charge on any atom is 0.354 e. The molecule has 0 amide bonds. The Kier molecular flexibility index (Phi) is 4.02. The van der Waals surface area contributed by atoms with E-state index in [1.807, 2.05) is 25.1 Å². The Labute approximate surface area is 115 Å². The van der Waals surface area contributed by atoms with Crippen LogP contribution in [0.1, 0.15) is 21.6 Å². The molecule has 1 heterocycles. The Bertz CT molecular complexity index is 596. The second-order valence-electron chi connectivity index (χ2n) is 4.07. The van der Waals surface area contributed by atoms with Crippen molar-refractivity contribution in [3.05, 3.63) is 58.4 Å². The number of benzene rings is 1. The van der Waals surface area contributed by atoms with Crippen molar-refractivity contribution in [1.29, 1.82) is 0 Å². The molecule has 0 aliphatic carbocycles. The monoisotopic (exact) mass is 277 g/mol. The summed E-state index contributed by atoms with van der Waals surface area (Å²) in [5, 5.41) is 9.37. The Morgan fingerprint density at radius 3 is 2.74 bits per heavy atom. The molecule has 0 aliphatic rings. The molecule has 0 spiro atoms. The SMILES string of the molecule is Cc1ccc(COc2ccc(C(=O)O)nc2)c(Cl)c1. The van der Waals surface area contributed by atoms with E-state index in [2.05, 4.69) is 4.98 Å². The van der Waals surface area contributed by atoms with Crippen molar-refractivity contribution in [3.8, 4) is 5.75 Å². The molecule has 0 radical (unpaired) electrons. The number of rotatable bonds is 4. The topological polar surface area (TPSA) is 59.4 Å². The molecule has 4 nitrogen and oxygen atoms in total. The van der Waals surface area contributed by atoms with E-state index in [0.29, 0.717) is 17.4 Å². The minimum atomic E-state index is -1.06. The largest absolute Gasteiger partial charge is 0.487 e. The molecule has 98 valence electrons. The van der Waals surface area contributed by atoms with Gasteiger partial charge in [0.2, 0.25) is 0 Å². The number of aryl methyl sites for hydroxylation is 1. The second-order valence-corrected chi connectivity index (χ2v) is 4.48. The summed E-state index contributed by atoms with van der Waals surface area (Å²) in [7, 11) is 0. The van der Waals surface area contributed by atoms with Crippen LogP contribution in [0.25, 0.3) is 0 Å². The quantitative estimate of drug-likeness (QED) is 0.931. The van der Waals surface area contributed by atoms with Crippen LogP contribution < -0.4 is 4.74 Å². The first-order valence-electron chi connectivity index (χ1n) is 5.63. The van der Waals surface area contributed by atoms with E-state index >= 15 is 0 Å². The number of hydrogen-bond acceptors (Lipinski definition) is 3. The van der Waals surface area contributed by atoms with Gasteiger partial charge < -0.3 is 9.84 Å². The molecule has 0 fully saturated rings. The van der Waals surface area contributed by atoms with Crippen LogP contribution in [-0.4, -0.2) is 16.1 Å².